The molecule has 6 heteroatoms. The van der Waals surface area contributed by atoms with Crippen molar-refractivity contribution in [2.75, 3.05) is 32.7 Å². The molecule has 1 atom stereocenters. The minimum absolute atomic E-state index is 0.0155. The molecule has 1 rings (SSSR count). The first-order valence-electron chi connectivity index (χ1n) is 6.12. The summed E-state index contributed by atoms with van der Waals surface area (Å²) in [5.41, 5.74) is 5.25. The summed E-state index contributed by atoms with van der Waals surface area (Å²) in [6, 6.07) is -0.269. The number of piperazine rings is 1. The number of nitrogens with two attached hydrogens (primary N) is 1. The molecule has 98 valence electrons. The lowest BCUT2D eigenvalue weighted by Gasteiger charge is -2.36. The third-order valence-corrected chi connectivity index (χ3v) is 3.09. The molecule has 1 aliphatic rings. The largest absolute Gasteiger partial charge is 0.368 e. The summed E-state index contributed by atoms with van der Waals surface area (Å²) in [4.78, 5) is 26.5. The standard InChI is InChI=1S/C11H22N4O2/c1-3-4-13-11(17)15-7-5-14(6-8-15)9(2)10(12)16/h9H,3-8H2,1-2H3,(H2,12,16)(H,13,17). The van der Waals surface area contributed by atoms with E-state index < -0.39 is 0 Å². The van der Waals surface area contributed by atoms with Crippen molar-refractivity contribution in [1.29, 1.82) is 0 Å². The van der Waals surface area contributed by atoms with E-state index in [0.29, 0.717) is 32.7 Å². The number of nitrogens with zero attached hydrogens (tertiary/aromatic N) is 2. The predicted octanol–water partition coefficient (Wildman–Crippen LogP) is -0.403. The highest BCUT2D eigenvalue weighted by Gasteiger charge is 2.25. The Morgan fingerprint density at radius 3 is 2.35 bits per heavy atom. The van der Waals surface area contributed by atoms with E-state index in [4.69, 9.17) is 5.73 Å². The van der Waals surface area contributed by atoms with Gasteiger partial charge in [-0.25, -0.2) is 4.79 Å². The lowest BCUT2D eigenvalue weighted by atomic mass is 10.2. The van der Waals surface area contributed by atoms with Gasteiger partial charge in [-0.2, -0.15) is 0 Å². The maximum absolute atomic E-state index is 11.7. The van der Waals surface area contributed by atoms with Crippen LogP contribution >= 0.6 is 0 Å². The van der Waals surface area contributed by atoms with Crippen molar-refractivity contribution >= 4 is 11.9 Å². The van der Waals surface area contributed by atoms with Crippen LogP contribution in [-0.4, -0.2) is 60.5 Å². The van der Waals surface area contributed by atoms with Crippen LogP contribution in [0.25, 0.3) is 0 Å². The number of hydrogen-bond acceptors (Lipinski definition) is 3. The molecule has 0 aromatic carbocycles. The van der Waals surface area contributed by atoms with E-state index in [-0.39, 0.29) is 18.0 Å². The van der Waals surface area contributed by atoms with Gasteiger partial charge < -0.3 is 16.0 Å². The van der Waals surface area contributed by atoms with E-state index in [9.17, 15) is 9.59 Å². The van der Waals surface area contributed by atoms with Crippen LogP contribution in [0.2, 0.25) is 0 Å². The highest BCUT2D eigenvalue weighted by atomic mass is 16.2. The first-order chi connectivity index (χ1) is 8.06. The molecule has 17 heavy (non-hydrogen) atoms. The minimum Gasteiger partial charge on any atom is -0.368 e. The zero-order chi connectivity index (χ0) is 12.8. The average Bonchev–Trinajstić information content (AvgIpc) is 2.35. The van der Waals surface area contributed by atoms with Crippen LogP contribution in [-0.2, 0) is 4.79 Å². The van der Waals surface area contributed by atoms with E-state index in [2.05, 4.69) is 5.32 Å². The van der Waals surface area contributed by atoms with Gasteiger partial charge in [0.05, 0.1) is 6.04 Å². The van der Waals surface area contributed by atoms with E-state index >= 15 is 0 Å². The molecular formula is C11H22N4O2. The van der Waals surface area contributed by atoms with Crippen molar-refractivity contribution in [1.82, 2.24) is 15.1 Å². The van der Waals surface area contributed by atoms with E-state index in [1.165, 1.54) is 0 Å². The smallest absolute Gasteiger partial charge is 0.317 e. The highest BCUT2D eigenvalue weighted by Crippen LogP contribution is 2.06. The zero-order valence-electron chi connectivity index (χ0n) is 10.6. The average molecular weight is 242 g/mol. The van der Waals surface area contributed by atoms with Crippen molar-refractivity contribution in [2.24, 2.45) is 5.73 Å². The molecule has 1 unspecified atom stereocenters. The molecule has 0 radical (unpaired) electrons. The molecule has 0 spiro atoms. The Morgan fingerprint density at radius 1 is 1.29 bits per heavy atom. The molecule has 0 aromatic heterocycles. The van der Waals surface area contributed by atoms with Crippen LogP contribution < -0.4 is 11.1 Å². The molecule has 0 aromatic rings. The normalized spacial score (nSPS) is 18.8. The molecule has 3 N–H and O–H groups in total. The maximum atomic E-state index is 11.7. The van der Waals surface area contributed by atoms with E-state index in [1.54, 1.807) is 11.8 Å². The SMILES string of the molecule is CCCNC(=O)N1CCN(C(C)C(N)=O)CC1. The number of primary amides is 1. The summed E-state index contributed by atoms with van der Waals surface area (Å²) < 4.78 is 0. The molecule has 6 nitrogen and oxygen atoms in total. The number of carbonyl (C=O) groups excluding carboxylic acids is 2. The Hall–Kier alpha value is -1.30. The van der Waals surface area contributed by atoms with Gasteiger partial charge in [0.1, 0.15) is 0 Å². The summed E-state index contributed by atoms with van der Waals surface area (Å²) in [5, 5.41) is 2.85. The first-order valence-corrected chi connectivity index (χ1v) is 6.12. The fourth-order valence-electron chi connectivity index (χ4n) is 1.84. The van der Waals surface area contributed by atoms with Gasteiger partial charge in [0.2, 0.25) is 5.91 Å². The van der Waals surface area contributed by atoms with Crippen LogP contribution in [0.1, 0.15) is 20.3 Å². The zero-order valence-corrected chi connectivity index (χ0v) is 10.6. The number of carbonyl (C=O) groups is 2. The molecule has 1 aliphatic heterocycles. The summed E-state index contributed by atoms with van der Waals surface area (Å²) in [7, 11) is 0. The van der Waals surface area contributed by atoms with Crippen molar-refractivity contribution in [2.45, 2.75) is 26.3 Å². The lowest BCUT2D eigenvalue weighted by molar-refractivity contribution is -0.123. The Morgan fingerprint density at radius 2 is 1.88 bits per heavy atom. The summed E-state index contributed by atoms with van der Waals surface area (Å²) in [6.45, 7) is 7.21. The molecule has 3 amide bonds. The molecule has 0 saturated carbocycles. The summed E-state index contributed by atoms with van der Waals surface area (Å²) in [5.74, 6) is -0.311. The predicted molar refractivity (Wildman–Crippen MR) is 65.5 cm³/mol. The fraction of sp³-hybridized carbons (Fsp3) is 0.818. The minimum atomic E-state index is -0.311. The van der Waals surface area contributed by atoms with Gasteiger partial charge in [-0.3, -0.25) is 9.69 Å². The second-order valence-electron chi connectivity index (χ2n) is 4.33. The first kappa shape index (κ1) is 13.8. The van der Waals surface area contributed by atoms with E-state index in [1.807, 2.05) is 11.8 Å². The number of nitrogens with one attached hydrogen (secondary N) is 1. The summed E-state index contributed by atoms with van der Waals surface area (Å²) >= 11 is 0. The van der Waals surface area contributed by atoms with Crippen LogP contribution in [0.3, 0.4) is 0 Å². The van der Waals surface area contributed by atoms with Crippen molar-refractivity contribution in [3.05, 3.63) is 0 Å². The Labute approximate surface area is 102 Å². The van der Waals surface area contributed by atoms with Crippen LogP contribution in [0.15, 0.2) is 0 Å². The van der Waals surface area contributed by atoms with E-state index in [0.717, 1.165) is 6.42 Å². The number of rotatable bonds is 4. The van der Waals surface area contributed by atoms with Crippen LogP contribution in [0, 0.1) is 0 Å². The Bertz CT molecular complexity index is 275. The number of amides is 3. The molecule has 0 bridgehead atoms. The Balaban J connectivity index is 2.35. The van der Waals surface area contributed by atoms with Gasteiger partial charge in [-0.1, -0.05) is 6.92 Å². The van der Waals surface area contributed by atoms with Crippen LogP contribution in [0.5, 0.6) is 0 Å². The molecule has 1 heterocycles. The van der Waals surface area contributed by atoms with Gasteiger partial charge in [0, 0.05) is 32.7 Å². The second kappa shape index (κ2) is 6.44. The fourth-order valence-corrected chi connectivity index (χ4v) is 1.84. The van der Waals surface area contributed by atoms with Crippen molar-refractivity contribution in [3.63, 3.8) is 0 Å². The van der Waals surface area contributed by atoms with Gasteiger partial charge in [-0.15, -0.1) is 0 Å². The molecule has 1 saturated heterocycles. The van der Waals surface area contributed by atoms with Gasteiger partial charge >= 0.3 is 6.03 Å². The third kappa shape index (κ3) is 3.89. The monoisotopic (exact) mass is 242 g/mol. The highest BCUT2D eigenvalue weighted by molar-refractivity contribution is 5.79. The van der Waals surface area contributed by atoms with Crippen molar-refractivity contribution in [3.8, 4) is 0 Å². The van der Waals surface area contributed by atoms with Gasteiger partial charge in [0.25, 0.3) is 0 Å². The molecular weight excluding hydrogens is 220 g/mol. The number of urea groups is 1. The lowest BCUT2D eigenvalue weighted by Crippen LogP contribution is -2.56. The third-order valence-electron chi connectivity index (χ3n) is 3.09. The topological polar surface area (TPSA) is 78.7 Å². The molecule has 1 fully saturated rings. The van der Waals surface area contributed by atoms with Crippen molar-refractivity contribution < 1.29 is 9.59 Å². The van der Waals surface area contributed by atoms with Crippen LogP contribution in [0.4, 0.5) is 4.79 Å². The van der Waals surface area contributed by atoms with Gasteiger partial charge in [0.15, 0.2) is 0 Å². The van der Waals surface area contributed by atoms with Gasteiger partial charge in [-0.05, 0) is 13.3 Å². The maximum Gasteiger partial charge on any atom is 0.317 e. The Kier molecular flexibility index (Phi) is 5.21. The number of hydrogen-bond donors (Lipinski definition) is 2. The molecule has 0 aliphatic carbocycles. The second-order valence-corrected chi connectivity index (χ2v) is 4.33. The quantitative estimate of drug-likeness (QED) is 0.704. The summed E-state index contributed by atoms with van der Waals surface area (Å²) in [6.07, 6.45) is 0.935.